The van der Waals surface area contributed by atoms with Gasteiger partial charge in [0.1, 0.15) is 11.6 Å². The van der Waals surface area contributed by atoms with Gasteiger partial charge >= 0.3 is 5.97 Å². The average Bonchev–Trinajstić information content (AvgIpc) is 2.67. The van der Waals surface area contributed by atoms with Gasteiger partial charge in [-0.3, -0.25) is 4.79 Å². The van der Waals surface area contributed by atoms with Crippen LogP contribution in [0.2, 0.25) is 5.02 Å². The zero-order chi connectivity index (χ0) is 18.9. The van der Waals surface area contributed by atoms with Gasteiger partial charge in [-0.15, -0.1) is 0 Å². The third kappa shape index (κ3) is 5.10. The van der Waals surface area contributed by atoms with Gasteiger partial charge in [0.2, 0.25) is 0 Å². The lowest BCUT2D eigenvalue weighted by atomic mass is 10.1. The van der Waals surface area contributed by atoms with Crippen molar-refractivity contribution in [3.63, 3.8) is 0 Å². The van der Waals surface area contributed by atoms with E-state index in [1.807, 2.05) is 36.4 Å². The first kappa shape index (κ1) is 19.0. The van der Waals surface area contributed by atoms with Crippen LogP contribution in [0, 0.1) is 11.3 Å². The van der Waals surface area contributed by atoms with Gasteiger partial charge in [-0.1, -0.05) is 41.9 Å². The zero-order valence-electron chi connectivity index (χ0n) is 14.0. The van der Waals surface area contributed by atoms with Crippen LogP contribution in [0.1, 0.15) is 15.9 Å². The highest BCUT2D eigenvalue weighted by Crippen LogP contribution is 2.22. The minimum Gasteiger partial charge on any atom is -0.465 e. The average molecular weight is 370 g/mol. The summed E-state index contributed by atoms with van der Waals surface area (Å²) in [6.45, 7) is 0.295. The Morgan fingerprint density at radius 1 is 1.23 bits per heavy atom. The third-order valence-corrected chi connectivity index (χ3v) is 3.66. The van der Waals surface area contributed by atoms with Crippen molar-refractivity contribution in [2.24, 2.45) is 0 Å². The number of nitriles is 1. The maximum Gasteiger partial charge on any atom is 0.339 e. The van der Waals surface area contributed by atoms with Gasteiger partial charge in [0.25, 0.3) is 5.91 Å². The molecule has 2 rings (SSSR count). The molecule has 0 fully saturated rings. The van der Waals surface area contributed by atoms with Crippen molar-refractivity contribution in [1.82, 2.24) is 5.32 Å². The minimum atomic E-state index is -0.565. The van der Waals surface area contributed by atoms with E-state index in [-0.39, 0.29) is 11.1 Å². The van der Waals surface area contributed by atoms with Crippen LogP contribution >= 0.6 is 11.6 Å². The van der Waals surface area contributed by atoms with Crippen molar-refractivity contribution in [3.8, 4) is 6.07 Å². The number of esters is 1. The van der Waals surface area contributed by atoms with Gasteiger partial charge < -0.3 is 15.4 Å². The van der Waals surface area contributed by atoms with E-state index in [4.69, 9.17) is 16.3 Å². The standard InChI is InChI=1S/C19H16ClN3O3/c1-26-19(25)16-8-7-15(20)9-17(16)22-12-14(10-21)18(24)23-11-13-5-3-2-4-6-13/h2-9,12,22H,11H2,1H3,(H,23,24)/b14-12-. The molecule has 0 atom stereocenters. The molecule has 0 spiro atoms. The van der Waals surface area contributed by atoms with Crippen LogP contribution < -0.4 is 10.6 Å². The number of hydrogen-bond donors (Lipinski definition) is 2. The fourth-order valence-corrected chi connectivity index (χ4v) is 2.27. The highest BCUT2D eigenvalue weighted by Gasteiger charge is 2.13. The lowest BCUT2D eigenvalue weighted by Crippen LogP contribution is -2.24. The zero-order valence-corrected chi connectivity index (χ0v) is 14.7. The Hall–Kier alpha value is -3.30. The van der Waals surface area contributed by atoms with Crippen LogP contribution in [-0.2, 0) is 16.1 Å². The van der Waals surface area contributed by atoms with E-state index in [0.29, 0.717) is 17.3 Å². The molecule has 0 aromatic heterocycles. The van der Waals surface area contributed by atoms with Crippen LogP contribution in [0.25, 0.3) is 0 Å². The van der Waals surface area contributed by atoms with Crippen molar-refractivity contribution in [2.75, 3.05) is 12.4 Å². The molecule has 0 saturated heterocycles. The molecule has 2 aromatic carbocycles. The van der Waals surface area contributed by atoms with E-state index in [1.165, 1.54) is 25.4 Å². The van der Waals surface area contributed by atoms with Gasteiger partial charge in [0.15, 0.2) is 0 Å². The van der Waals surface area contributed by atoms with Crippen LogP contribution in [0.3, 0.4) is 0 Å². The summed E-state index contributed by atoms with van der Waals surface area (Å²) in [4.78, 5) is 23.9. The van der Waals surface area contributed by atoms with E-state index in [2.05, 4.69) is 10.6 Å². The van der Waals surface area contributed by atoms with Crippen LogP contribution in [0.4, 0.5) is 5.69 Å². The summed E-state index contributed by atoms with van der Waals surface area (Å²) in [5.41, 5.74) is 1.33. The van der Waals surface area contributed by atoms with E-state index in [0.717, 1.165) is 5.56 Å². The molecular weight excluding hydrogens is 354 g/mol. The summed E-state index contributed by atoms with van der Waals surface area (Å²) in [5.74, 6) is -1.10. The van der Waals surface area contributed by atoms with Gasteiger partial charge in [0, 0.05) is 17.8 Å². The lowest BCUT2D eigenvalue weighted by molar-refractivity contribution is -0.117. The molecular formula is C19H16ClN3O3. The molecule has 0 saturated carbocycles. The van der Waals surface area contributed by atoms with E-state index >= 15 is 0 Å². The number of methoxy groups -OCH3 is 1. The first-order valence-electron chi connectivity index (χ1n) is 7.62. The Morgan fingerprint density at radius 3 is 2.62 bits per heavy atom. The van der Waals surface area contributed by atoms with E-state index in [1.54, 1.807) is 6.07 Å². The van der Waals surface area contributed by atoms with Crippen molar-refractivity contribution < 1.29 is 14.3 Å². The Bertz CT molecular complexity index is 873. The Kier molecular flexibility index (Phi) is 6.77. The second-order valence-corrected chi connectivity index (χ2v) is 5.60. The molecule has 2 N–H and O–H groups in total. The van der Waals surface area contributed by atoms with Gasteiger partial charge in [-0.05, 0) is 23.8 Å². The van der Waals surface area contributed by atoms with Crippen molar-refractivity contribution >= 4 is 29.2 Å². The summed E-state index contributed by atoms with van der Waals surface area (Å²) in [6.07, 6.45) is 1.22. The summed E-state index contributed by atoms with van der Waals surface area (Å²) in [5, 5.41) is 15.0. The molecule has 0 aliphatic carbocycles. The number of hydrogen-bond acceptors (Lipinski definition) is 5. The monoisotopic (exact) mass is 369 g/mol. The Labute approximate surface area is 156 Å². The summed E-state index contributed by atoms with van der Waals surface area (Å²) < 4.78 is 4.70. The van der Waals surface area contributed by atoms with E-state index < -0.39 is 11.9 Å². The molecule has 0 aliphatic rings. The van der Waals surface area contributed by atoms with Crippen molar-refractivity contribution in [1.29, 1.82) is 5.26 Å². The van der Waals surface area contributed by atoms with Crippen LogP contribution in [-0.4, -0.2) is 19.0 Å². The predicted molar refractivity (Wildman–Crippen MR) is 98.4 cm³/mol. The number of amides is 1. The predicted octanol–water partition coefficient (Wildman–Crippen LogP) is 3.26. The van der Waals surface area contributed by atoms with Crippen LogP contribution in [0.15, 0.2) is 60.3 Å². The van der Waals surface area contributed by atoms with Gasteiger partial charge in [0.05, 0.1) is 18.4 Å². The summed E-state index contributed by atoms with van der Waals surface area (Å²) in [7, 11) is 1.26. The molecule has 0 radical (unpaired) electrons. The molecule has 0 bridgehead atoms. The Balaban J connectivity index is 2.12. The maximum absolute atomic E-state index is 12.2. The number of nitrogens with one attached hydrogen (secondary N) is 2. The highest BCUT2D eigenvalue weighted by atomic mass is 35.5. The smallest absolute Gasteiger partial charge is 0.339 e. The SMILES string of the molecule is COC(=O)c1ccc(Cl)cc1N/C=C(/C#N)C(=O)NCc1ccccc1. The molecule has 26 heavy (non-hydrogen) atoms. The fourth-order valence-electron chi connectivity index (χ4n) is 2.10. The fraction of sp³-hybridized carbons (Fsp3) is 0.105. The highest BCUT2D eigenvalue weighted by molar-refractivity contribution is 6.31. The van der Waals surface area contributed by atoms with Crippen LogP contribution in [0.5, 0.6) is 0 Å². The number of nitrogens with zero attached hydrogens (tertiary/aromatic N) is 1. The first-order valence-corrected chi connectivity index (χ1v) is 7.99. The first-order chi connectivity index (χ1) is 12.5. The topological polar surface area (TPSA) is 91.2 Å². The normalized spacial score (nSPS) is 10.6. The van der Waals surface area contributed by atoms with E-state index in [9.17, 15) is 14.9 Å². The molecule has 2 aromatic rings. The number of ether oxygens (including phenoxy) is 1. The molecule has 6 nitrogen and oxygen atoms in total. The molecule has 1 amide bonds. The number of rotatable bonds is 6. The largest absolute Gasteiger partial charge is 0.465 e. The van der Waals surface area contributed by atoms with Gasteiger partial charge in [-0.2, -0.15) is 5.26 Å². The second kappa shape index (κ2) is 9.25. The molecule has 0 heterocycles. The maximum atomic E-state index is 12.2. The number of benzene rings is 2. The minimum absolute atomic E-state index is 0.142. The van der Waals surface area contributed by atoms with Crippen molar-refractivity contribution in [2.45, 2.75) is 6.54 Å². The lowest BCUT2D eigenvalue weighted by Gasteiger charge is -2.09. The number of halogens is 1. The van der Waals surface area contributed by atoms with Crippen molar-refractivity contribution in [3.05, 3.63) is 76.5 Å². The number of carbonyl (C=O) groups is 2. The van der Waals surface area contributed by atoms with Gasteiger partial charge in [-0.25, -0.2) is 4.79 Å². The molecule has 132 valence electrons. The quantitative estimate of drug-likeness (QED) is 0.463. The number of carbonyl (C=O) groups excluding carboxylic acids is 2. The number of anilines is 1. The molecule has 0 unspecified atom stereocenters. The Morgan fingerprint density at radius 2 is 1.96 bits per heavy atom. The summed E-state index contributed by atoms with van der Waals surface area (Å²) in [6, 6.07) is 15.7. The molecule has 0 aliphatic heterocycles. The second-order valence-electron chi connectivity index (χ2n) is 5.16. The summed E-state index contributed by atoms with van der Waals surface area (Å²) >= 11 is 5.94. The third-order valence-electron chi connectivity index (χ3n) is 3.42. The molecule has 7 heteroatoms.